The van der Waals surface area contributed by atoms with Gasteiger partial charge in [-0.05, 0) is 35.9 Å². The molecule has 0 saturated carbocycles. The Labute approximate surface area is 206 Å². The van der Waals surface area contributed by atoms with Gasteiger partial charge in [-0.1, -0.05) is 17.7 Å². The monoisotopic (exact) mass is 523 g/mol. The number of morpholine rings is 1. The lowest BCUT2D eigenvalue weighted by atomic mass is 10.0. The summed E-state index contributed by atoms with van der Waals surface area (Å²) in [5, 5.41) is -0.483. The van der Waals surface area contributed by atoms with Crippen LogP contribution in [-0.4, -0.2) is 34.3 Å². The smallest absolute Gasteiger partial charge is 0.417 e. The molecule has 2 atom stereocenters. The minimum Gasteiger partial charge on any atom is -0.473 e. The number of rotatable bonds is 5. The van der Waals surface area contributed by atoms with Crippen LogP contribution in [0.15, 0.2) is 47.3 Å². The molecule has 36 heavy (non-hydrogen) atoms. The van der Waals surface area contributed by atoms with Crippen LogP contribution in [0.4, 0.5) is 23.4 Å². The molecule has 3 aromatic rings. The first-order valence-electron chi connectivity index (χ1n) is 11.1. The van der Waals surface area contributed by atoms with Gasteiger partial charge in [-0.25, -0.2) is 9.18 Å². The third-order valence-electron chi connectivity index (χ3n) is 6.70. The molecule has 0 N–H and O–H groups in total. The van der Waals surface area contributed by atoms with Crippen LogP contribution in [0.25, 0.3) is 0 Å². The van der Waals surface area contributed by atoms with Gasteiger partial charge in [0.05, 0.1) is 35.4 Å². The van der Waals surface area contributed by atoms with Crippen molar-refractivity contribution in [3.63, 3.8) is 0 Å². The van der Waals surface area contributed by atoms with Crippen molar-refractivity contribution in [2.45, 2.75) is 37.4 Å². The largest absolute Gasteiger partial charge is 0.473 e. The number of fused-ring (bicyclic) bond motifs is 3. The molecule has 2 saturated heterocycles. The molecule has 7 nitrogen and oxygen atoms in total. The van der Waals surface area contributed by atoms with Gasteiger partial charge < -0.3 is 19.1 Å². The Morgan fingerprint density at radius 1 is 1.19 bits per heavy atom. The first-order valence-corrected chi connectivity index (χ1v) is 11.5. The minimum absolute atomic E-state index is 0.0802. The lowest BCUT2D eigenvalue weighted by Crippen LogP contribution is -2.46. The van der Waals surface area contributed by atoms with Crippen molar-refractivity contribution in [1.82, 2.24) is 9.55 Å². The zero-order chi connectivity index (χ0) is 25.2. The maximum Gasteiger partial charge on any atom is 0.417 e. The second-order valence-corrected chi connectivity index (χ2v) is 9.50. The third-order valence-corrected chi connectivity index (χ3v) is 7.03. The molecule has 4 heterocycles. The summed E-state index contributed by atoms with van der Waals surface area (Å²) < 4.78 is 72.2. The van der Waals surface area contributed by atoms with E-state index < -0.39 is 28.3 Å². The lowest BCUT2D eigenvalue weighted by Gasteiger charge is -2.32. The lowest BCUT2D eigenvalue weighted by molar-refractivity contribution is -0.137. The van der Waals surface area contributed by atoms with Crippen molar-refractivity contribution in [2.24, 2.45) is 0 Å². The number of nitrogens with zero attached hydrogens (tertiary/aromatic N) is 3. The Morgan fingerprint density at radius 2 is 2.03 bits per heavy atom. The van der Waals surface area contributed by atoms with Gasteiger partial charge >= 0.3 is 11.9 Å². The summed E-state index contributed by atoms with van der Waals surface area (Å²) in [6, 6.07) is 8.59. The first kappa shape index (κ1) is 23.1. The number of halogens is 5. The fourth-order valence-electron chi connectivity index (χ4n) is 5.05. The van der Waals surface area contributed by atoms with E-state index >= 15 is 0 Å². The van der Waals surface area contributed by atoms with Crippen LogP contribution in [-0.2, 0) is 24.1 Å². The van der Waals surface area contributed by atoms with Gasteiger partial charge in [-0.15, -0.1) is 0 Å². The fraction of sp³-hybridized carbons (Fsp3) is 0.333. The number of benzene rings is 2. The predicted molar refractivity (Wildman–Crippen MR) is 120 cm³/mol. The summed E-state index contributed by atoms with van der Waals surface area (Å²) in [5.41, 5.74) is -1.29. The highest BCUT2D eigenvalue weighted by molar-refractivity contribution is 6.31. The molecule has 2 bridgehead atoms. The number of hydrogen-bond donors (Lipinski definition) is 0. The van der Waals surface area contributed by atoms with Crippen LogP contribution in [0.3, 0.4) is 0 Å². The van der Waals surface area contributed by atoms with Gasteiger partial charge in [0, 0.05) is 19.0 Å². The second-order valence-electron chi connectivity index (χ2n) is 9.09. The first-order chi connectivity index (χ1) is 17.1. The van der Waals surface area contributed by atoms with Gasteiger partial charge in [-0.3, -0.25) is 4.57 Å². The molecule has 0 aliphatic carbocycles. The molecule has 1 spiro atoms. The van der Waals surface area contributed by atoms with E-state index in [0.717, 1.165) is 24.4 Å². The van der Waals surface area contributed by atoms with E-state index in [1.807, 2.05) is 0 Å². The second kappa shape index (κ2) is 8.10. The van der Waals surface area contributed by atoms with E-state index in [2.05, 4.69) is 9.88 Å². The quantitative estimate of drug-likeness (QED) is 0.448. The van der Waals surface area contributed by atoms with Crippen molar-refractivity contribution < 1.29 is 31.8 Å². The molecule has 2 fully saturated rings. The maximum absolute atomic E-state index is 14.6. The highest BCUT2D eigenvalue weighted by atomic mass is 35.5. The highest BCUT2D eigenvalue weighted by Gasteiger charge is 2.56. The number of hydrogen-bond acceptors (Lipinski definition) is 6. The molecule has 0 unspecified atom stereocenters. The zero-order valence-electron chi connectivity index (χ0n) is 18.5. The summed E-state index contributed by atoms with van der Waals surface area (Å²) in [7, 11) is 0. The molecule has 3 aliphatic rings. The molecular formula is C24H18ClF4N3O4. The zero-order valence-corrected chi connectivity index (χ0v) is 19.3. The Kier molecular flexibility index (Phi) is 5.20. The third kappa shape index (κ3) is 3.86. The summed E-state index contributed by atoms with van der Waals surface area (Å²) >= 11 is 5.61. The predicted octanol–water partition coefficient (Wildman–Crippen LogP) is 4.79. The molecule has 188 valence electrons. The van der Waals surface area contributed by atoms with Crippen molar-refractivity contribution in [2.75, 3.05) is 18.1 Å². The van der Waals surface area contributed by atoms with Crippen LogP contribution in [0, 0.1) is 5.82 Å². The molecule has 2 aromatic carbocycles. The van der Waals surface area contributed by atoms with Gasteiger partial charge in [0.25, 0.3) is 0 Å². The van der Waals surface area contributed by atoms with E-state index in [9.17, 15) is 22.4 Å². The Morgan fingerprint density at radius 3 is 2.78 bits per heavy atom. The number of anilines is 1. The fourth-order valence-corrected chi connectivity index (χ4v) is 5.27. The normalized spacial score (nSPS) is 22.0. The van der Waals surface area contributed by atoms with E-state index in [1.165, 1.54) is 18.2 Å². The molecule has 12 heteroatoms. The van der Waals surface area contributed by atoms with E-state index in [4.69, 9.17) is 25.8 Å². The molecule has 3 aliphatic heterocycles. The number of ether oxygens (including phenoxy) is 3. The van der Waals surface area contributed by atoms with Crippen molar-refractivity contribution in [1.29, 1.82) is 0 Å². The molecule has 1 aromatic heterocycles. The minimum atomic E-state index is -4.67. The van der Waals surface area contributed by atoms with Gasteiger partial charge in [-0.2, -0.15) is 18.2 Å². The summed E-state index contributed by atoms with van der Waals surface area (Å²) in [6.07, 6.45) is -3.65. The van der Waals surface area contributed by atoms with Crippen molar-refractivity contribution >= 4 is 17.4 Å². The van der Waals surface area contributed by atoms with E-state index in [-0.39, 0.29) is 35.6 Å². The SMILES string of the molecule is O=c1nc(OCc2ccc(Oc3ccc(Cl)c(C(F)(F)F)c3)c(F)c2)cc2n1C[C@]13CO[C@H](CN21)C3. The standard InChI is InChI=1S/C24H18ClF4N3O4/c25-17-3-2-14(6-16(17)24(27,28)29)36-19-4-1-13(5-18(19)26)10-34-20-7-21-31(22(33)30-20)11-23-8-15(35-12-23)9-32(21)23/h1-7,15H,8-12H2/t15-,23+/m0/s1. The average Bonchev–Trinajstić information content (AvgIpc) is 3.48. The van der Waals surface area contributed by atoms with Crippen LogP contribution < -0.4 is 20.1 Å². The Balaban J connectivity index is 1.16. The summed E-state index contributed by atoms with van der Waals surface area (Å²) in [5.74, 6) is -0.423. The van der Waals surface area contributed by atoms with E-state index in [1.54, 1.807) is 10.6 Å². The maximum atomic E-state index is 14.6. The number of alkyl halides is 3. The molecule has 0 amide bonds. The molecular weight excluding hydrogens is 506 g/mol. The highest BCUT2D eigenvalue weighted by Crippen LogP contribution is 2.46. The average molecular weight is 524 g/mol. The van der Waals surface area contributed by atoms with Gasteiger partial charge in [0.15, 0.2) is 11.6 Å². The van der Waals surface area contributed by atoms with Crippen molar-refractivity contribution in [3.8, 4) is 17.4 Å². The van der Waals surface area contributed by atoms with Crippen LogP contribution in [0.2, 0.25) is 5.02 Å². The Hall–Kier alpha value is -3.31. The summed E-state index contributed by atoms with van der Waals surface area (Å²) in [4.78, 5) is 18.7. The summed E-state index contributed by atoms with van der Waals surface area (Å²) in [6.45, 7) is 1.71. The molecule has 6 rings (SSSR count). The van der Waals surface area contributed by atoms with Crippen LogP contribution >= 0.6 is 11.6 Å². The van der Waals surface area contributed by atoms with E-state index in [0.29, 0.717) is 31.3 Å². The Bertz CT molecular complexity index is 1430. The van der Waals surface area contributed by atoms with Crippen LogP contribution in [0.1, 0.15) is 17.5 Å². The van der Waals surface area contributed by atoms with Gasteiger partial charge in [0.2, 0.25) is 5.88 Å². The van der Waals surface area contributed by atoms with Crippen LogP contribution in [0.5, 0.6) is 17.4 Å². The number of aromatic nitrogens is 2. The molecule has 0 radical (unpaired) electrons. The van der Waals surface area contributed by atoms with Crippen molar-refractivity contribution in [3.05, 3.63) is 74.9 Å². The van der Waals surface area contributed by atoms with Gasteiger partial charge in [0.1, 0.15) is 18.2 Å². The topological polar surface area (TPSA) is 65.8 Å².